The Balaban J connectivity index is 1.46. The molecule has 4 rings (SSSR count). The first kappa shape index (κ1) is 21.0. The Morgan fingerprint density at radius 1 is 0.935 bits per heavy atom. The number of aryl methyl sites for hydroxylation is 2. The maximum Gasteiger partial charge on any atom is 0.230 e. The largest absolute Gasteiger partial charge is 0.353 e. The van der Waals surface area contributed by atoms with Crippen LogP contribution in [0.1, 0.15) is 36.1 Å². The van der Waals surface area contributed by atoms with Crippen molar-refractivity contribution in [3.63, 3.8) is 0 Å². The minimum absolute atomic E-state index is 0.0674. The summed E-state index contributed by atoms with van der Waals surface area (Å²) in [5.41, 5.74) is 4.30. The average Bonchev–Trinajstić information content (AvgIpc) is 2.80. The van der Waals surface area contributed by atoms with Gasteiger partial charge in [0.15, 0.2) is 5.82 Å². The van der Waals surface area contributed by atoms with E-state index in [0.717, 1.165) is 48.0 Å². The third-order valence-electron chi connectivity index (χ3n) is 5.97. The van der Waals surface area contributed by atoms with Crippen LogP contribution in [0.4, 0.5) is 5.82 Å². The Bertz CT molecular complexity index is 1030. The summed E-state index contributed by atoms with van der Waals surface area (Å²) in [5.74, 6) is 1.85. The Morgan fingerprint density at radius 2 is 1.61 bits per heavy atom. The van der Waals surface area contributed by atoms with Crippen molar-refractivity contribution in [1.29, 1.82) is 0 Å². The Kier molecular flexibility index (Phi) is 6.31. The monoisotopic (exact) mass is 414 g/mol. The van der Waals surface area contributed by atoms with E-state index in [2.05, 4.69) is 60.1 Å². The molecule has 1 aromatic heterocycles. The van der Waals surface area contributed by atoms with Gasteiger partial charge in [0.2, 0.25) is 5.91 Å². The molecule has 5 nitrogen and oxygen atoms in total. The van der Waals surface area contributed by atoms with Gasteiger partial charge in [-0.15, -0.1) is 0 Å². The van der Waals surface area contributed by atoms with Gasteiger partial charge in [0.05, 0.1) is 5.92 Å². The number of anilines is 1. The lowest BCUT2D eigenvalue weighted by Gasteiger charge is -2.37. The number of carbonyl (C=O) groups excluding carboxylic acids is 1. The highest BCUT2D eigenvalue weighted by atomic mass is 16.2. The van der Waals surface area contributed by atoms with Gasteiger partial charge in [0.1, 0.15) is 5.82 Å². The van der Waals surface area contributed by atoms with Crippen molar-refractivity contribution >= 4 is 11.7 Å². The van der Waals surface area contributed by atoms with E-state index in [4.69, 9.17) is 4.98 Å². The Morgan fingerprint density at radius 3 is 2.26 bits per heavy atom. The molecule has 0 radical (unpaired) electrons. The van der Waals surface area contributed by atoms with Crippen molar-refractivity contribution < 1.29 is 4.79 Å². The summed E-state index contributed by atoms with van der Waals surface area (Å²) in [5, 5.41) is 0. The molecule has 1 amide bonds. The van der Waals surface area contributed by atoms with Crippen LogP contribution in [0.3, 0.4) is 0 Å². The van der Waals surface area contributed by atoms with Gasteiger partial charge in [-0.1, -0.05) is 67.1 Å². The van der Waals surface area contributed by atoms with Gasteiger partial charge >= 0.3 is 0 Å². The first-order chi connectivity index (χ1) is 15.0. The van der Waals surface area contributed by atoms with E-state index < -0.39 is 0 Å². The molecule has 0 saturated carbocycles. The molecule has 31 heavy (non-hydrogen) atoms. The molecule has 5 heteroatoms. The predicted molar refractivity (Wildman–Crippen MR) is 125 cm³/mol. The van der Waals surface area contributed by atoms with Gasteiger partial charge < -0.3 is 9.80 Å². The summed E-state index contributed by atoms with van der Waals surface area (Å²) in [6.45, 7) is 9.15. The van der Waals surface area contributed by atoms with Gasteiger partial charge in [-0.05, 0) is 25.8 Å². The molecule has 0 aliphatic carbocycles. The third kappa shape index (κ3) is 4.76. The molecule has 1 atom stereocenters. The smallest absolute Gasteiger partial charge is 0.230 e. The van der Waals surface area contributed by atoms with E-state index in [1.54, 1.807) is 0 Å². The van der Waals surface area contributed by atoms with E-state index in [9.17, 15) is 4.79 Å². The third-order valence-corrected chi connectivity index (χ3v) is 5.97. The topological polar surface area (TPSA) is 49.3 Å². The van der Waals surface area contributed by atoms with Crippen molar-refractivity contribution in [2.45, 2.75) is 33.1 Å². The second-order valence-electron chi connectivity index (χ2n) is 8.24. The van der Waals surface area contributed by atoms with Crippen molar-refractivity contribution in [3.05, 3.63) is 77.5 Å². The van der Waals surface area contributed by atoms with Crippen molar-refractivity contribution in [2.24, 2.45) is 0 Å². The zero-order valence-corrected chi connectivity index (χ0v) is 18.6. The number of nitrogens with zero attached hydrogens (tertiary/aromatic N) is 4. The van der Waals surface area contributed by atoms with Crippen molar-refractivity contribution in [3.8, 4) is 11.4 Å². The number of rotatable bonds is 5. The second kappa shape index (κ2) is 9.29. The maximum atomic E-state index is 13.2. The fourth-order valence-corrected chi connectivity index (χ4v) is 4.16. The summed E-state index contributed by atoms with van der Waals surface area (Å²) in [4.78, 5) is 26.9. The predicted octanol–water partition coefficient (Wildman–Crippen LogP) is 4.60. The number of amides is 1. The molecule has 2 heterocycles. The van der Waals surface area contributed by atoms with Crippen LogP contribution in [0.2, 0.25) is 0 Å². The highest BCUT2D eigenvalue weighted by Crippen LogP contribution is 2.25. The number of carbonyl (C=O) groups is 1. The molecule has 1 fully saturated rings. The Labute approximate surface area is 184 Å². The molecular weight excluding hydrogens is 384 g/mol. The minimum atomic E-state index is -0.0674. The van der Waals surface area contributed by atoms with Gasteiger partial charge in [-0.25, -0.2) is 9.97 Å². The standard InChI is InChI=1S/C26H30N4O/c1-4-23(21-8-6-5-7-9-21)26(31)30-16-14-29(15-17-30)24-18-20(3)27-25(28-24)22-12-10-19(2)11-13-22/h5-13,18,23H,4,14-17H2,1-3H3. The maximum absolute atomic E-state index is 13.2. The first-order valence-electron chi connectivity index (χ1n) is 11.1. The van der Waals surface area contributed by atoms with E-state index in [1.165, 1.54) is 5.56 Å². The van der Waals surface area contributed by atoms with Gasteiger partial charge in [-0.3, -0.25) is 4.79 Å². The molecule has 1 aliphatic rings. The van der Waals surface area contributed by atoms with Crippen molar-refractivity contribution in [1.82, 2.24) is 14.9 Å². The average molecular weight is 415 g/mol. The van der Waals surface area contributed by atoms with Crippen LogP contribution in [-0.2, 0) is 4.79 Å². The molecule has 0 N–H and O–H groups in total. The summed E-state index contributed by atoms with van der Waals surface area (Å²) >= 11 is 0. The summed E-state index contributed by atoms with van der Waals surface area (Å²) in [6.07, 6.45) is 0.814. The molecule has 1 saturated heterocycles. The van der Waals surface area contributed by atoms with Crippen LogP contribution in [0, 0.1) is 13.8 Å². The minimum Gasteiger partial charge on any atom is -0.353 e. The number of piperazine rings is 1. The lowest BCUT2D eigenvalue weighted by Crippen LogP contribution is -2.50. The highest BCUT2D eigenvalue weighted by Gasteiger charge is 2.28. The molecule has 160 valence electrons. The normalized spacial score (nSPS) is 15.1. The lowest BCUT2D eigenvalue weighted by molar-refractivity contribution is -0.133. The van der Waals surface area contributed by atoms with Crippen LogP contribution in [0.15, 0.2) is 60.7 Å². The van der Waals surface area contributed by atoms with Crippen molar-refractivity contribution in [2.75, 3.05) is 31.1 Å². The summed E-state index contributed by atoms with van der Waals surface area (Å²) < 4.78 is 0. The Hall–Kier alpha value is -3.21. The zero-order valence-electron chi connectivity index (χ0n) is 18.6. The van der Waals surface area contributed by atoms with Gasteiger partial charge in [-0.2, -0.15) is 0 Å². The molecule has 3 aromatic rings. The van der Waals surface area contributed by atoms with E-state index in [0.29, 0.717) is 13.1 Å². The number of hydrogen-bond donors (Lipinski definition) is 0. The molecule has 2 aromatic carbocycles. The highest BCUT2D eigenvalue weighted by molar-refractivity contribution is 5.84. The molecule has 1 aliphatic heterocycles. The second-order valence-corrected chi connectivity index (χ2v) is 8.24. The van der Waals surface area contributed by atoms with Crippen LogP contribution in [0.5, 0.6) is 0 Å². The van der Waals surface area contributed by atoms with Gasteiger partial charge in [0.25, 0.3) is 0 Å². The van der Waals surface area contributed by atoms with Crippen LogP contribution < -0.4 is 4.90 Å². The van der Waals surface area contributed by atoms with Gasteiger partial charge in [0, 0.05) is 43.5 Å². The lowest BCUT2D eigenvalue weighted by atomic mass is 9.95. The molecule has 1 unspecified atom stereocenters. The van der Waals surface area contributed by atoms with Crippen LogP contribution in [-0.4, -0.2) is 47.0 Å². The quantitative estimate of drug-likeness (QED) is 0.612. The van der Waals surface area contributed by atoms with Crippen LogP contribution >= 0.6 is 0 Å². The number of hydrogen-bond acceptors (Lipinski definition) is 4. The first-order valence-corrected chi connectivity index (χ1v) is 11.1. The molecule has 0 bridgehead atoms. The number of aromatic nitrogens is 2. The SMILES string of the molecule is CCC(C(=O)N1CCN(c2cc(C)nc(-c3ccc(C)cc3)n2)CC1)c1ccccc1. The fourth-order valence-electron chi connectivity index (χ4n) is 4.16. The van der Waals surface area contributed by atoms with E-state index >= 15 is 0 Å². The van der Waals surface area contributed by atoms with Crippen LogP contribution in [0.25, 0.3) is 11.4 Å². The fraction of sp³-hybridized carbons (Fsp3) is 0.346. The summed E-state index contributed by atoms with van der Waals surface area (Å²) in [7, 11) is 0. The summed E-state index contributed by atoms with van der Waals surface area (Å²) in [6, 6.07) is 20.5. The van der Waals surface area contributed by atoms with E-state index in [-0.39, 0.29) is 11.8 Å². The zero-order chi connectivity index (χ0) is 21.8. The molecule has 0 spiro atoms. The van der Waals surface area contributed by atoms with E-state index in [1.807, 2.05) is 36.1 Å². The molecular formula is C26H30N4O. The number of benzene rings is 2.